The van der Waals surface area contributed by atoms with Crippen LogP contribution in [0.2, 0.25) is 0 Å². The second-order valence-electron chi connectivity index (χ2n) is 5.00. The maximum Gasteiger partial charge on any atom is 0.181 e. The van der Waals surface area contributed by atoms with Crippen LogP contribution in [-0.4, -0.2) is 21.4 Å². The van der Waals surface area contributed by atoms with Crippen LogP contribution in [0.3, 0.4) is 0 Å². The number of imidazole rings is 1. The lowest BCUT2D eigenvalue weighted by Crippen LogP contribution is -1.90. The molecule has 4 rings (SSSR count). The third kappa shape index (κ3) is 2.13. The second-order valence-corrected chi connectivity index (χ2v) is 5.00. The number of anilines is 1. The van der Waals surface area contributed by atoms with E-state index in [4.69, 9.17) is 4.42 Å². The molecule has 5 nitrogen and oxygen atoms in total. The Bertz CT molecular complexity index is 908. The predicted octanol–water partition coefficient (Wildman–Crippen LogP) is 3.70. The van der Waals surface area contributed by atoms with E-state index in [0.717, 1.165) is 33.9 Å². The number of oxazole rings is 1. The lowest BCUT2D eigenvalue weighted by Gasteiger charge is -1.99. The summed E-state index contributed by atoms with van der Waals surface area (Å²) in [5.74, 6) is 0.764. The van der Waals surface area contributed by atoms with Crippen molar-refractivity contribution < 1.29 is 4.42 Å². The van der Waals surface area contributed by atoms with Gasteiger partial charge in [-0.15, -0.1) is 0 Å². The number of nitrogens with one attached hydrogen (secondary N) is 1. The van der Waals surface area contributed by atoms with Crippen molar-refractivity contribution in [2.75, 3.05) is 12.4 Å². The van der Waals surface area contributed by atoms with Crippen LogP contribution in [0.25, 0.3) is 28.2 Å². The van der Waals surface area contributed by atoms with Crippen LogP contribution in [-0.2, 0) is 0 Å². The van der Waals surface area contributed by atoms with Crippen molar-refractivity contribution in [3.8, 4) is 22.6 Å². The van der Waals surface area contributed by atoms with Crippen LogP contribution in [0.4, 0.5) is 5.69 Å². The molecule has 4 aromatic rings. The molecular formula is C17H14N4O. The van der Waals surface area contributed by atoms with Gasteiger partial charge in [-0.1, -0.05) is 24.3 Å². The molecule has 5 heteroatoms. The Morgan fingerprint density at radius 1 is 1.00 bits per heavy atom. The Morgan fingerprint density at radius 2 is 1.82 bits per heavy atom. The molecule has 0 atom stereocenters. The fourth-order valence-electron chi connectivity index (χ4n) is 2.44. The molecule has 22 heavy (non-hydrogen) atoms. The van der Waals surface area contributed by atoms with E-state index in [0.29, 0.717) is 0 Å². The van der Waals surface area contributed by atoms with E-state index >= 15 is 0 Å². The van der Waals surface area contributed by atoms with Gasteiger partial charge in [-0.2, -0.15) is 0 Å². The van der Waals surface area contributed by atoms with Crippen molar-refractivity contribution >= 4 is 11.3 Å². The standard InChI is InChI=1S/C17H14N4O/c1-18-14-6-7-17-20-15(10-21(17)9-14)12-2-4-13(5-3-12)16-8-19-11-22-16/h2-11,18H,1H3. The average Bonchev–Trinajstić information content (AvgIpc) is 3.23. The van der Waals surface area contributed by atoms with E-state index in [-0.39, 0.29) is 0 Å². The van der Waals surface area contributed by atoms with Gasteiger partial charge in [0, 0.05) is 30.6 Å². The molecule has 1 N–H and O–H groups in total. The zero-order valence-electron chi connectivity index (χ0n) is 12.0. The average molecular weight is 290 g/mol. The van der Waals surface area contributed by atoms with Gasteiger partial charge in [0.25, 0.3) is 0 Å². The first-order valence-electron chi connectivity index (χ1n) is 6.99. The molecule has 0 aliphatic heterocycles. The van der Waals surface area contributed by atoms with Gasteiger partial charge >= 0.3 is 0 Å². The smallest absolute Gasteiger partial charge is 0.181 e. The second kappa shape index (κ2) is 5.04. The van der Waals surface area contributed by atoms with Crippen molar-refractivity contribution in [3.63, 3.8) is 0 Å². The van der Waals surface area contributed by atoms with E-state index in [9.17, 15) is 0 Å². The summed E-state index contributed by atoms with van der Waals surface area (Å²) in [7, 11) is 1.90. The Labute approximate surface area is 127 Å². The molecule has 0 aliphatic rings. The number of hydrogen-bond acceptors (Lipinski definition) is 4. The van der Waals surface area contributed by atoms with Gasteiger partial charge in [-0.3, -0.25) is 0 Å². The van der Waals surface area contributed by atoms with Crippen molar-refractivity contribution in [2.45, 2.75) is 0 Å². The molecule has 3 aromatic heterocycles. The highest BCUT2D eigenvalue weighted by atomic mass is 16.3. The monoisotopic (exact) mass is 290 g/mol. The molecule has 0 radical (unpaired) electrons. The van der Waals surface area contributed by atoms with Crippen molar-refractivity contribution in [2.24, 2.45) is 0 Å². The first kappa shape index (κ1) is 12.6. The first-order chi connectivity index (χ1) is 10.8. The van der Waals surface area contributed by atoms with E-state index < -0.39 is 0 Å². The van der Waals surface area contributed by atoms with Gasteiger partial charge in [0.05, 0.1) is 17.6 Å². The summed E-state index contributed by atoms with van der Waals surface area (Å²) in [5.41, 5.74) is 4.99. The summed E-state index contributed by atoms with van der Waals surface area (Å²) >= 11 is 0. The molecule has 0 unspecified atom stereocenters. The lowest BCUT2D eigenvalue weighted by atomic mass is 10.1. The lowest BCUT2D eigenvalue weighted by molar-refractivity contribution is 0.572. The van der Waals surface area contributed by atoms with Gasteiger partial charge in [-0.25, -0.2) is 9.97 Å². The van der Waals surface area contributed by atoms with Crippen molar-refractivity contribution in [1.82, 2.24) is 14.4 Å². The number of rotatable bonds is 3. The fraction of sp³-hybridized carbons (Fsp3) is 0.0588. The zero-order valence-corrected chi connectivity index (χ0v) is 12.0. The van der Waals surface area contributed by atoms with Crippen LogP contribution in [0.5, 0.6) is 0 Å². The Hall–Kier alpha value is -3.08. The summed E-state index contributed by atoms with van der Waals surface area (Å²) in [5, 5.41) is 3.13. The largest absolute Gasteiger partial charge is 0.444 e. The third-order valence-corrected chi connectivity index (χ3v) is 3.64. The van der Waals surface area contributed by atoms with Crippen molar-refractivity contribution in [3.05, 3.63) is 61.4 Å². The Balaban J connectivity index is 1.72. The highest BCUT2D eigenvalue weighted by Gasteiger charge is 2.06. The summed E-state index contributed by atoms with van der Waals surface area (Å²) in [6, 6.07) is 12.1. The third-order valence-electron chi connectivity index (χ3n) is 3.64. The molecule has 3 heterocycles. The van der Waals surface area contributed by atoms with E-state index in [1.165, 1.54) is 6.39 Å². The quantitative estimate of drug-likeness (QED) is 0.625. The summed E-state index contributed by atoms with van der Waals surface area (Å²) in [4.78, 5) is 8.59. The highest BCUT2D eigenvalue weighted by molar-refractivity contribution is 5.67. The minimum Gasteiger partial charge on any atom is -0.444 e. The number of hydrogen-bond donors (Lipinski definition) is 1. The highest BCUT2D eigenvalue weighted by Crippen LogP contribution is 2.24. The normalized spacial score (nSPS) is 11.0. The van der Waals surface area contributed by atoms with Crippen molar-refractivity contribution in [1.29, 1.82) is 0 Å². The van der Waals surface area contributed by atoms with Gasteiger partial charge in [0.15, 0.2) is 12.2 Å². The topological polar surface area (TPSA) is 55.4 Å². The van der Waals surface area contributed by atoms with Crippen LogP contribution in [0.1, 0.15) is 0 Å². The summed E-state index contributed by atoms with van der Waals surface area (Å²) in [6.45, 7) is 0. The molecule has 0 saturated heterocycles. The molecule has 0 bridgehead atoms. The molecule has 0 saturated carbocycles. The molecule has 0 spiro atoms. The van der Waals surface area contributed by atoms with Gasteiger partial charge in [0.2, 0.25) is 0 Å². The number of fused-ring (bicyclic) bond motifs is 1. The number of aromatic nitrogens is 3. The van der Waals surface area contributed by atoms with Gasteiger partial charge in [-0.05, 0) is 12.1 Å². The molecular weight excluding hydrogens is 276 g/mol. The maximum atomic E-state index is 5.30. The minimum atomic E-state index is 0.764. The van der Waals surface area contributed by atoms with Crippen LogP contribution in [0, 0.1) is 0 Å². The molecule has 108 valence electrons. The first-order valence-corrected chi connectivity index (χ1v) is 6.99. The minimum absolute atomic E-state index is 0.764. The van der Waals surface area contributed by atoms with E-state index in [1.54, 1.807) is 6.20 Å². The van der Waals surface area contributed by atoms with Gasteiger partial charge < -0.3 is 14.1 Å². The van der Waals surface area contributed by atoms with Crippen LogP contribution < -0.4 is 5.32 Å². The SMILES string of the molecule is CNc1ccc2nc(-c3ccc(-c4cnco4)cc3)cn2c1. The van der Waals surface area contributed by atoms with E-state index in [1.807, 2.05) is 60.2 Å². The molecule has 0 fully saturated rings. The summed E-state index contributed by atoms with van der Waals surface area (Å²) in [6.07, 6.45) is 7.19. The molecule has 0 amide bonds. The molecule has 0 aliphatic carbocycles. The Morgan fingerprint density at radius 3 is 2.55 bits per heavy atom. The molecule has 1 aromatic carbocycles. The van der Waals surface area contributed by atoms with E-state index in [2.05, 4.69) is 15.3 Å². The maximum absolute atomic E-state index is 5.30. The fourth-order valence-corrected chi connectivity index (χ4v) is 2.44. The number of nitrogens with zero attached hydrogens (tertiary/aromatic N) is 3. The predicted molar refractivity (Wildman–Crippen MR) is 85.7 cm³/mol. The Kier molecular flexibility index (Phi) is 2.89. The zero-order chi connectivity index (χ0) is 14.9. The van der Waals surface area contributed by atoms with Crippen LogP contribution >= 0.6 is 0 Å². The number of pyridine rings is 1. The van der Waals surface area contributed by atoms with Crippen LogP contribution in [0.15, 0.2) is 65.8 Å². The number of benzene rings is 1. The van der Waals surface area contributed by atoms with Gasteiger partial charge in [0.1, 0.15) is 5.65 Å². The summed E-state index contributed by atoms with van der Waals surface area (Å²) < 4.78 is 7.32.